The van der Waals surface area contributed by atoms with E-state index in [0.29, 0.717) is 0 Å². The summed E-state index contributed by atoms with van der Waals surface area (Å²) in [5.74, 6) is 0. The summed E-state index contributed by atoms with van der Waals surface area (Å²) in [5, 5.41) is 2.12. The Bertz CT molecular complexity index is 393. The molecule has 2 heterocycles. The summed E-state index contributed by atoms with van der Waals surface area (Å²) in [6.45, 7) is 12.1. The van der Waals surface area contributed by atoms with Gasteiger partial charge < -0.3 is 0 Å². The van der Waals surface area contributed by atoms with Gasteiger partial charge in [0.2, 0.25) is 0 Å². The number of hydrogen-bond donors (Lipinski definition) is 0. The molecular weight excluding hydrogens is 204 g/mol. The zero-order valence-corrected chi connectivity index (χ0v) is 11.3. The first-order valence-corrected chi connectivity index (χ1v) is 6.32. The molecule has 15 heavy (non-hydrogen) atoms. The van der Waals surface area contributed by atoms with Gasteiger partial charge in [-0.1, -0.05) is 27.7 Å². The van der Waals surface area contributed by atoms with E-state index in [2.05, 4.69) is 22.3 Å². The molecule has 2 aromatic heterocycles. The lowest BCUT2D eigenvalue weighted by atomic mass is 10.3. The monoisotopic (exact) mass is 224 g/mol. The van der Waals surface area contributed by atoms with Gasteiger partial charge in [-0.05, 0) is 24.8 Å². The van der Waals surface area contributed by atoms with Gasteiger partial charge in [0.15, 0.2) is 0 Å². The molecule has 0 fully saturated rings. The number of aryl methyl sites for hydroxylation is 2. The summed E-state index contributed by atoms with van der Waals surface area (Å²) < 4.78 is 1.21. The maximum atomic E-state index is 4.20. The Morgan fingerprint density at radius 3 is 2.13 bits per heavy atom. The lowest BCUT2D eigenvalue weighted by Crippen LogP contribution is -1.82. The van der Waals surface area contributed by atoms with Crippen molar-refractivity contribution in [3.05, 3.63) is 23.0 Å². The van der Waals surface area contributed by atoms with Crippen LogP contribution in [0.2, 0.25) is 0 Å². The average Bonchev–Trinajstić information content (AvgIpc) is 2.68. The van der Waals surface area contributed by atoms with Crippen molar-refractivity contribution in [1.82, 2.24) is 9.97 Å². The third-order valence-corrected chi connectivity index (χ3v) is 2.90. The quantitative estimate of drug-likeness (QED) is 0.664. The van der Waals surface area contributed by atoms with E-state index in [1.165, 1.54) is 10.3 Å². The Morgan fingerprint density at radius 2 is 1.60 bits per heavy atom. The highest BCUT2D eigenvalue weighted by molar-refractivity contribution is 7.17. The molecule has 0 amide bonds. The lowest BCUT2D eigenvalue weighted by Gasteiger charge is -1.92. The third-order valence-electron chi connectivity index (χ3n) is 1.71. The largest absolute Gasteiger partial charge is 0.240 e. The van der Waals surface area contributed by atoms with Crippen LogP contribution in [-0.4, -0.2) is 9.97 Å². The van der Waals surface area contributed by atoms with Gasteiger partial charge in [-0.25, -0.2) is 9.97 Å². The van der Waals surface area contributed by atoms with Crippen molar-refractivity contribution in [2.24, 2.45) is 0 Å². The van der Waals surface area contributed by atoms with Gasteiger partial charge in [0.05, 0.1) is 15.9 Å². The van der Waals surface area contributed by atoms with Gasteiger partial charge in [0, 0.05) is 0 Å². The summed E-state index contributed by atoms with van der Waals surface area (Å²) >= 11 is 1.72. The van der Waals surface area contributed by atoms with Crippen molar-refractivity contribution in [3.63, 3.8) is 0 Å². The molecule has 0 bridgehead atoms. The Balaban J connectivity index is 0.000000442. The topological polar surface area (TPSA) is 25.8 Å². The summed E-state index contributed by atoms with van der Waals surface area (Å²) in [6.07, 6.45) is 1.62. The van der Waals surface area contributed by atoms with E-state index in [1.54, 1.807) is 17.7 Å². The average molecular weight is 224 g/mol. The highest BCUT2D eigenvalue weighted by Gasteiger charge is 2.02. The van der Waals surface area contributed by atoms with Crippen molar-refractivity contribution in [3.8, 4) is 0 Å². The zero-order chi connectivity index (χ0) is 11.8. The van der Waals surface area contributed by atoms with E-state index in [1.807, 2.05) is 34.6 Å². The molecule has 0 saturated heterocycles. The van der Waals surface area contributed by atoms with Crippen molar-refractivity contribution < 1.29 is 0 Å². The molecule has 2 nitrogen and oxygen atoms in total. The van der Waals surface area contributed by atoms with E-state index in [4.69, 9.17) is 0 Å². The lowest BCUT2D eigenvalue weighted by molar-refractivity contribution is 1.15. The van der Waals surface area contributed by atoms with E-state index in [0.717, 1.165) is 11.2 Å². The Kier molecular flexibility index (Phi) is 6.88. The Morgan fingerprint density at radius 1 is 1.00 bits per heavy atom. The minimum absolute atomic E-state index is 1.08. The van der Waals surface area contributed by atoms with Crippen LogP contribution >= 0.6 is 11.3 Å². The van der Waals surface area contributed by atoms with Crippen LogP contribution in [0.4, 0.5) is 0 Å². The molecule has 0 radical (unpaired) electrons. The van der Waals surface area contributed by atoms with Gasteiger partial charge in [-0.3, -0.25) is 0 Å². The normalized spacial score (nSPS) is 8.67. The van der Waals surface area contributed by atoms with Crippen molar-refractivity contribution >= 4 is 21.6 Å². The van der Waals surface area contributed by atoms with E-state index < -0.39 is 0 Å². The minimum atomic E-state index is 1.08. The molecule has 0 saturated carbocycles. The smallest absolute Gasteiger partial charge is 0.116 e. The third kappa shape index (κ3) is 3.27. The first kappa shape index (κ1) is 14.0. The van der Waals surface area contributed by atoms with Crippen LogP contribution in [0.5, 0.6) is 0 Å². The molecule has 0 spiro atoms. The van der Waals surface area contributed by atoms with E-state index >= 15 is 0 Å². The molecule has 0 unspecified atom stereocenters. The fourth-order valence-corrected chi connectivity index (χ4v) is 2.04. The minimum Gasteiger partial charge on any atom is -0.240 e. The first-order valence-electron chi connectivity index (χ1n) is 5.44. The van der Waals surface area contributed by atoms with Crippen molar-refractivity contribution in [2.75, 3.05) is 0 Å². The molecule has 3 heteroatoms. The molecule has 0 aliphatic heterocycles. The van der Waals surface area contributed by atoms with Crippen LogP contribution in [0, 0.1) is 13.8 Å². The molecule has 2 aromatic rings. The molecule has 84 valence electrons. The van der Waals surface area contributed by atoms with E-state index in [9.17, 15) is 0 Å². The van der Waals surface area contributed by atoms with Crippen molar-refractivity contribution in [2.45, 2.75) is 41.5 Å². The summed E-state index contributed by atoms with van der Waals surface area (Å²) in [7, 11) is 0. The summed E-state index contributed by atoms with van der Waals surface area (Å²) in [4.78, 5) is 8.32. The summed E-state index contributed by atoms with van der Waals surface area (Å²) in [6, 6.07) is 0. The molecule has 0 atom stereocenters. The predicted octanol–water partition coefficient (Wildman–Crippen LogP) is 4.36. The van der Waals surface area contributed by atoms with Gasteiger partial charge in [0.25, 0.3) is 0 Å². The second kappa shape index (κ2) is 7.35. The highest BCUT2D eigenvalue weighted by Crippen LogP contribution is 2.24. The first-order chi connectivity index (χ1) is 7.29. The van der Waals surface area contributed by atoms with Crippen molar-refractivity contribution in [1.29, 1.82) is 0 Å². The molecular formula is C12H20N2S. The van der Waals surface area contributed by atoms with Crippen LogP contribution < -0.4 is 0 Å². The van der Waals surface area contributed by atoms with Crippen LogP contribution in [0.1, 0.15) is 39.0 Å². The second-order valence-corrected chi connectivity index (χ2v) is 3.44. The number of aromatic nitrogens is 2. The molecule has 0 aromatic carbocycles. The second-order valence-electron chi connectivity index (χ2n) is 2.56. The fraction of sp³-hybridized carbons (Fsp3) is 0.500. The number of fused-ring (bicyclic) bond motifs is 1. The van der Waals surface area contributed by atoms with Crippen LogP contribution in [0.3, 0.4) is 0 Å². The Hall–Kier alpha value is -0.960. The highest BCUT2D eigenvalue weighted by atomic mass is 32.1. The summed E-state index contributed by atoms with van der Waals surface area (Å²) in [5.41, 5.74) is 3.42. The molecule has 0 N–H and O–H groups in total. The van der Waals surface area contributed by atoms with Gasteiger partial charge in [-0.2, -0.15) is 0 Å². The fourth-order valence-electron chi connectivity index (χ4n) is 1.09. The number of thiophene rings is 1. The van der Waals surface area contributed by atoms with Gasteiger partial charge >= 0.3 is 0 Å². The maximum Gasteiger partial charge on any atom is 0.116 e. The SMILES string of the molecule is CC.CC.Cc1csc2c(C)ncnc12. The standard InChI is InChI=1S/C8H8N2S.2C2H6/c1-5-3-11-8-6(2)9-4-10-7(5)8;2*1-2/h3-4H,1-2H3;2*1-2H3. The molecule has 0 aliphatic rings. The van der Waals surface area contributed by atoms with Gasteiger partial charge in [-0.15, -0.1) is 11.3 Å². The van der Waals surface area contributed by atoms with Crippen LogP contribution in [-0.2, 0) is 0 Å². The molecule has 2 rings (SSSR count). The molecule has 0 aliphatic carbocycles. The number of hydrogen-bond acceptors (Lipinski definition) is 3. The number of nitrogens with zero attached hydrogens (tertiary/aromatic N) is 2. The van der Waals surface area contributed by atoms with Crippen LogP contribution in [0.15, 0.2) is 11.7 Å². The Labute approximate surface area is 96.4 Å². The maximum absolute atomic E-state index is 4.20. The van der Waals surface area contributed by atoms with Crippen LogP contribution in [0.25, 0.3) is 10.2 Å². The van der Waals surface area contributed by atoms with Gasteiger partial charge in [0.1, 0.15) is 6.33 Å². The predicted molar refractivity (Wildman–Crippen MR) is 69.6 cm³/mol. The van der Waals surface area contributed by atoms with E-state index in [-0.39, 0.29) is 0 Å². The zero-order valence-electron chi connectivity index (χ0n) is 10.5. The number of rotatable bonds is 0.